The van der Waals surface area contributed by atoms with Crippen LogP contribution in [0.25, 0.3) is 0 Å². The third-order valence-electron chi connectivity index (χ3n) is 2.52. The Bertz CT molecular complexity index is 559. The average Bonchev–Trinajstić information content (AvgIpc) is 2.33. The highest BCUT2D eigenvalue weighted by Gasteiger charge is 2.10. The van der Waals surface area contributed by atoms with Crippen LogP contribution in [0.3, 0.4) is 0 Å². The second kappa shape index (κ2) is 4.72. The Balaban J connectivity index is 2.37. The minimum atomic E-state index is -0.0503. The molecule has 0 spiro atoms. The summed E-state index contributed by atoms with van der Waals surface area (Å²) in [5.41, 5.74) is 2.32. The van der Waals surface area contributed by atoms with E-state index in [1.807, 2.05) is 19.1 Å². The van der Waals surface area contributed by atoms with Gasteiger partial charge in [-0.05, 0) is 41.1 Å². The number of carbonyl (C=O) groups is 1. The second-order valence-corrected chi connectivity index (χ2v) is 4.72. The van der Waals surface area contributed by atoms with Crippen LogP contribution in [0.2, 0.25) is 0 Å². The maximum Gasteiger partial charge on any atom is 0.193 e. The normalized spacial score (nSPS) is 10.2. The molecule has 0 radical (unpaired) electrons. The van der Waals surface area contributed by atoms with Crippen LogP contribution in [-0.4, -0.2) is 10.9 Å². The topological polar surface area (TPSA) is 37.3 Å². The summed E-state index contributed by atoms with van der Waals surface area (Å²) in [6.45, 7) is 1.98. The van der Waals surface area contributed by atoms with Gasteiger partial charge in [0.2, 0.25) is 0 Å². The molecule has 0 amide bonds. The highest BCUT2D eigenvalue weighted by atomic mass is 79.9. The quantitative estimate of drug-likeness (QED) is 0.857. The van der Waals surface area contributed by atoms with Crippen molar-refractivity contribution in [2.45, 2.75) is 6.92 Å². The fraction of sp³-hybridized carbons (Fsp3) is 0.0714. The van der Waals surface area contributed by atoms with Gasteiger partial charge >= 0.3 is 0 Å². The van der Waals surface area contributed by atoms with Crippen molar-refractivity contribution in [2.75, 3.05) is 0 Å². The standard InChI is InChI=1S/C14H11BrO2/c1-9-2-4-10(5-3-9)14(17)11-6-7-13(16)12(15)8-11/h2-8,16H,1H3. The Morgan fingerprint density at radius 1 is 1.06 bits per heavy atom. The maximum atomic E-state index is 12.1. The van der Waals surface area contributed by atoms with E-state index in [0.717, 1.165) is 5.56 Å². The first-order valence-electron chi connectivity index (χ1n) is 5.18. The van der Waals surface area contributed by atoms with E-state index < -0.39 is 0 Å². The first-order valence-corrected chi connectivity index (χ1v) is 5.97. The average molecular weight is 291 g/mol. The fourth-order valence-corrected chi connectivity index (χ4v) is 1.90. The van der Waals surface area contributed by atoms with Gasteiger partial charge in [0.25, 0.3) is 0 Å². The SMILES string of the molecule is Cc1ccc(C(=O)c2ccc(O)c(Br)c2)cc1. The van der Waals surface area contributed by atoms with Gasteiger partial charge in [-0.25, -0.2) is 0 Å². The highest BCUT2D eigenvalue weighted by molar-refractivity contribution is 9.10. The maximum absolute atomic E-state index is 12.1. The van der Waals surface area contributed by atoms with Crippen LogP contribution in [0.4, 0.5) is 0 Å². The first-order chi connectivity index (χ1) is 8.08. The molecule has 0 heterocycles. The predicted octanol–water partition coefficient (Wildman–Crippen LogP) is 3.69. The molecule has 3 heteroatoms. The molecular formula is C14H11BrO2. The summed E-state index contributed by atoms with van der Waals surface area (Å²) in [6, 6.07) is 12.2. The molecule has 0 saturated heterocycles. The second-order valence-electron chi connectivity index (χ2n) is 3.86. The lowest BCUT2D eigenvalue weighted by atomic mass is 10.0. The van der Waals surface area contributed by atoms with Gasteiger partial charge < -0.3 is 5.11 Å². The van der Waals surface area contributed by atoms with Gasteiger partial charge in [-0.2, -0.15) is 0 Å². The summed E-state index contributed by atoms with van der Waals surface area (Å²) in [5, 5.41) is 9.37. The van der Waals surface area contributed by atoms with Crippen molar-refractivity contribution in [3.05, 3.63) is 63.6 Å². The molecule has 0 aliphatic rings. The van der Waals surface area contributed by atoms with Gasteiger partial charge in [-0.1, -0.05) is 29.8 Å². The zero-order valence-corrected chi connectivity index (χ0v) is 10.9. The molecule has 1 N–H and O–H groups in total. The van der Waals surface area contributed by atoms with Crippen LogP contribution in [0, 0.1) is 6.92 Å². The van der Waals surface area contributed by atoms with Crippen molar-refractivity contribution in [1.82, 2.24) is 0 Å². The van der Waals surface area contributed by atoms with Gasteiger partial charge in [-0.3, -0.25) is 4.79 Å². The lowest BCUT2D eigenvalue weighted by molar-refractivity contribution is 0.103. The highest BCUT2D eigenvalue weighted by Crippen LogP contribution is 2.25. The largest absolute Gasteiger partial charge is 0.507 e. The van der Waals surface area contributed by atoms with Crippen molar-refractivity contribution < 1.29 is 9.90 Å². The third-order valence-corrected chi connectivity index (χ3v) is 3.16. The minimum absolute atomic E-state index is 0.0503. The van der Waals surface area contributed by atoms with Gasteiger partial charge in [-0.15, -0.1) is 0 Å². The Labute approximate surface area is 108 Å². The minimum Gasteiger partial charge on any atom is -0.507 e. The Morgan fingerprint density at radius 3 is 2.24 bits per heavy atom. The summed E-state index contributed by atoms with van der Waals surface area (Å²) in [5.74, 6) is 0.0798. The molecule has 17 heavy (non-hydrogen) atoms. The number of halogens is 1. The predicted molar refractivity (Wildman–Crippen MR) is 70.4 cm³/mol. The van der Waals surface area contributed by atoms with E-state index in [4.69, 9.17) is 0 Å². The molecule has 2 nitrogen and oxygen atoms in total. The Kier molecular flexibility index (Phi) is 3.29. The number of aryl methyl sites for hydroxylation is 1. The molecule has 0 aromatic heterocycles. The summed E-state index contributed by atoms with van der Waals surface area (Å²) in [4.78, 5) is 12.1. The molecule has 0 aliphatic carbocycles. The molecular weight excluding hydrogens is 280 g/mol. The van der Waals surface area contributed by atoms with Crippen molar-refractivity contribution in [3.8, 4) is 5.75 Å². The van der Waals surface area contributed by atoms with Crippen molar-refractivity contribution in [3.63, 3.8) is 0 Å². The number of ketones is 1. The zero-order chi connectivity index (χ0) is 12.4. The number of phenols is 1. The Hall–Kier alpha value is -1.61. The van der Waals surface area contributed by atoms with Gasteiger partial charge in [0.1, 0.15) is 5.75 Å². The summed E-state index contributed by atoms with van der Waals surface area (Å²) in [6.07, 6.45) is 0. The smallest absolute Gasteiger partial charge is 0.193 e. The number of benzene rings is 2. The molecule has 0 unspecified atom stereocenters. The van der Waals surface area contributed by atoms with Crippen LogP contribution < -0.4 is 0 Å². The number of hydrogen-bond acceptors (Lipinski definition) is 2. The number of hydrogen-bond donors (Lipinski definition) is 1. The van der Waals surface area contributed by atoms with Crippen molar-refractivity contribution >= 4 is 21.7 Å². The van der Waals surface area contributed by atoms with Crippen molar-refractivity contribution in [1.29, 1.82) is 0 Å². The van der Waals surface area contributed by atoms with Gasteiger partial charge in [0, 0.05) is 11.1 Å². The van der Waals surface area contributed by atoms with E-state index in [-0.39, 0.29) is 11.5 Å². The van der Waals surface area contributed by atoms with Gasteiger partial charge in [0.15, 0.2) is 5.78 Å². The molecule has 0 aliphatic heterocycles. The van der Waals surface area contributed by atoms with Crippen LogP contribution in [0.5, 0.6) is 5.75 Å². The van der Waals surface area contributed by atoms with E-state index in [1.165, 1.54) is 6.07 Å². The molecule has 0 saturated carbocycles. The molecule has 0 fully saturated rings. The molecule has 2 rings (SSSR count). The van der Waals surface area contributed by atoms with E-state index in [1.54, 1.807) is 24.3 Å². The van der Waals surface area contributed by atoms with Crippen LogP contribution >= 0.6 is 15.9 Å². The van der Waals surface area contributed by atoms with E-state index in [9.17, 15) is 9.90 Å². The molecule has 86 valence electrons. The van der Waals surface area contributed by atoms with E-state index in [0.29, 0.717) is 15.6 Å². The van der Waals surface area contributed by atoms with Crippen molar-refractivity contribution in [2.24, 2.45) is 0 Å². The van der Waals surface area contributed by atoms with Crippen LogP contribution in [0.15, 0.2) is 46.9 Å². The lowest BCUT2D eigenvalue weighted by Gasteiger charge is -2.03. The van der Waals surface area contributed by atoms with Gasteiger partial charge in [0.05, 0.1) is 4.47 Å². The number of carbonyl (C=O) groups excluding carboxylic acids is 1. The molecule has 2 aromatic carbocycles. The monoisotopic (exact) mass is 290 g/mol. The summed E-state index contributed by atoms with van der Waals surface area (Å²) >= 11 is 3.20. The summed E-state index contributed by atoms with van der Waals surface area (Å²) < 4.78 is 0.524. The van der Waals surface area contributed by atoms with E-state index in [2.05, 4.69) is 15.9 Å². The molecule has 2 aromatic rings. The van der Waals surface area contributed by atoms with Crippen LogP contribution in [0.1, 0.15) is 21.5 Å². The summed E-state index contributed by atoms with van der Waals surface area (Å²) in [7, 11) is 0. The lowest BCUT2D eigenvalue weighted by Crippen LogP contribution is -2.00. The zero-order valence-electron chi connectivity index (χ0n) is 9.27. The van der Waals surface area contributed by atoms with E-state index >= 15 is 0 Å². The Morgan fingerprint density at radius 2 is 1.65 bits per heavy atom. The first kappa shape index (κ1) is 11.9. The number of aromatic hydroxyl groups is 1. The van der Waals surface area contributed by atoms with Crippen LogP contribution in [-0.2, 0) is 0 Å². The fourth-order valence-electron chi connectivity index (χ4n) is 1.52. The number of rotatable bonds is 2. The molecule has 0 bridgehead atoms. The molecule has 0 atom stereocenters. The third kappa shape index (κ3) is 2.56. The number of phenolic OH excluding ortho intramolecular Hbond substituents is 1.